The van der Waals surface area contributed by atoms with Crippen LogP contribution >= 0.6 is 0 Å². The molecular weight excluding hydrogens is 258 g/mol. The van der Waals surface area contributed by atoms with Crippen molar-refractivity contribution >= 4 is 11.9 Å². The zero-order valence-corrected chi connectivity index (χ0v) is 11.0. The third-order valence-electron chi connectivity index (χ3n) is 2.91. The van der Waals surface area contributed by atoms with Crippen molar-refractivity contribution in [3.63, 3.8) is 0 Å². The number of hydrogen-bond acceptors (Lipinski definition) is 3. The van der Waals surface area contributed by atoms with Gasteiger partial charge in [-0.3, -0.25) is 4.79 Å². The molecule has 1 heterocycles. The van der Waals surface area contributed by atoms with Crippen LogP contribution in [-0.2, 0) is 11.3 Å². The molecule has 0 aliphatic rings. The lowest BCUT2D eigenvalue weighted by Crippen LogP contribution is -2.31. The summed E-state index contributed by atoms with van der Waals surface area (Å²) in [6.45, 7) is 1.75. The van der Waals surface area contributed by atoms with Crippen LogP contribution in [0.2, 0.25) is 0 Å². The Morgan fingerprint density at radius 2 is 2.00 bits per heavy atom. The van der Waals surface area contributed by atoms with E-state index in [1.54, 1.807) is 0 Å². The molecule has 0 bridgehead atoms. The van der Waals surface area contributed by atoms with Crippen molar-refractivity contribution in [1.82, 2.24) is 15.1 Å². The highest BCUT2D eigenvalue weighted by Crippen LogP contribution is 2.11. The molecule has 1 aromatic heterocycles. The van der Waals surface area contributed by atoms with E-state index in [-0.39, 0.29) is 24.2 Å². The third kappa shape index (κ3) is 3.23. The fraction of sp³-hybridized carbons (Fsp3) is 0.214. The van der Waals surface area contributed by atoms with Gasteiger partial charge in [-0.15, -0.1) is 0 Å². The smallest absolute Gasteiger partial charge is 0.354 e. The molecule has 0 radical (unpaired) electrons. The van der Waals surface area contributed by atoms with Crippen LogP contribution in [0, 0.1) is 0 Å². The highest BCUT2D eigenvalue weighted by atomic mass is 16.4. The third-order valence-corrected chi connectivity index (χ3v) is 2.91. The molecule has 0 fully saturated rings. The largest absolute Gasteiger partial charge is 0.477 e. The number of nitrogens with one attached hydrogen (secondary N) is 1. The van der Waals surface area contributed by atoms with Crippen LogP contribution in [0.4, 0.5) is 0 Å². The minimum Gasteiger partial charge on any atom is -0.477 e. The molecule has 2 N–H and O–H groups in total. The number of rotatable bonds is 5. The van der Waals surface area contributed by atoms with Gasteiger partial charge in [-0.25, -0.2) is 9.48 Å². The quantitative estimate of drug-likeness (QED) is 0.863. The molecule has 0 spiro atoms. The van der Waals surface area contributed by atoms with Crippen molar-refractivity contribution in [3.05, 3.63) is 53.9 Å². The summed E-state index contributed by atoms with van der Waals surface area (Å²) in [5.74, 6) is -1.39. The van der Waals surface area contributed by atoms with E-state index < -0.39 is 5.97 Å². The highest BCUT2D eigenvalue weighted by Gasteiger charge is 2.14. The van der Waals surface area contributed by atoms with Gasteiger partial charge in [-0.1, -0.05) is 30.3 Å². The topological polar surface area (TPSA) is 84.2 Å². The average Bonchev–Trinajstić information content (AvgIpc) is 2.87. The molecule has 0 saturated carbocycles. The zero-order chi connectivity index (χ0) is 14.5. The molecule has 20 heavy (non-hydrogen) atoms. The van der Waals surface area contributed by atoms with Crippen molar-refractivity contribution in [1.29, 1.82) is 0 Å². The Hall–Kier alpha value is -2.63. The van der Waals surface area contributed by atoms with Crippen LogP contribution in [0.15, 0.2) is 42.6 Å². The molecular formula is C14H15N3O3. The minimum atomic E-state index is -1.11. The predicted octanol–water partition coefficient (Wildman–Crippen LogP) is 1.46. The number of amides is 1. The molecule has 0 aliphatic heterocycles. The highest BCUT2D eigenvalue weighted by molar-refractivity contribution is 5.86. The number of aromatic carboxylic acids is 1. The van der Waals surface area contributed by atoms with E-state index in [1.165, 1.54) is 12.3 Å². The lowest BCUT2D eigenvalue weighted by Gasteiger charge is -2.14. The SMILES string of the molecule is CC(NC(=O)Cn1nccc1C(=O)O)c1ccccc1. The summed E-state index contributed by atoms with van der Waals surface area (Å²) in [6, 6.07) is 10.7. The zero-order valence-electron chi connectivity index (χ0n) is 11.0. The maximum absolute atomic E-state index is 11.9. The molecule has 1 aromatic carbocycles. The van der Waals surface area contributed by atoms with Gasteiger partial charge in [-0.2, -0.15) is 5.10 Å². The summed E-state index contributed by atoms with van der Waals surface area (Å²) in [4.78, 5) is 22.8. The molecule has 1 unspecified atom stereocenters. The van der Waals surface area contributed by atoms with Crippen molar-refractivity contribution < 1.29 is 14.7 Å². The molecule has 6 nitrogen and oxygen atoms in total. The second-order valence-electron chi connectivity index (χ2n) is 4.38. The van der Waals surface area contributed by atoms with E-state index in [2.05, 4.69) is 10.4 Å². The Labute approximate surface area is 116 Å². The Kier molecular flexibility index (Phi) is 4.14. The Balaban J connectivity index is 1.99. The standard InChI is InChI=1S/C14H15N3O3/c1-10(11-5-3-2-4-6-11)16-13(18)9-17-12(14(19)20)7-8-15-17/h2-8,10H,9H2,1H3,(H,16,18)(H,19,20). The molecule has 1 amide bonds. The van der Waals surface area contributed by atoms with Crippen LogP contribution in [0.3, 0.4) is 0 Å². The van der Waals surface area contributed by atoms with Crippen LogP contribution in [0.1, 0.15) is 29.0 Å². The number of carbonyl (C=O) groups excluding carboxylic acids is 1. The van der Waals surface area contributed by atoms with Crippen molar-refractivity contribution in [2.24, 2.45) is 0 Å². The first-order chi connectivity index (χ1) is 9.58. The molecule has 2 aromatic rings. The monoisotopic (exact) mass is 273 g/mol. The summed E-state index contributed by atoms with van der Waals surface area (Å²) >= 11 is 0. The van der Waals surface area contributed by atoms with E-state index in [4.69, 9.17) is 5.11 Å². The lowest BCUT2D eigenvalue weighted by molar-refractivity contribution is -0.122. The molecule has 0 saturated heterocycles. The Morgan fingerprint density at radius 3 is 2.65 bits per heavy atom. The number of aromatic nitrogens is 2. The summed E-state index contributed by atoms with van der Waals surface area (Å²) < 4.78 is 1.16. The molecule has 104 valence electrons. The molecule has 1 atom stereocenters. The first-order valence-corrected chi connectivity index (χ1v) is 6.17. The number of benzene rings is 1. The fourth-order valence-electron chi connectivity index (χ4n) is 1.89. The van der Waals surface area contributed by atoms with Gasteiger partial charge in [0.05, 0.1) is 6.04 Å². The van der Waals surface area contributed by atoms with Crippen LogP contribution in [-0.4, -0.2) is 26.8 Å². The van der Waals surface area contributed by atoms with Gasteiger partial charge in [0.25, 0.3) is 0 Å². The number of hydrogen-bond donors (Lipinski definition) is 2. The number of carbonyl (C=O) groups is 2. The van der Waals surface area contributed by atoms with Crippen molar-refractivity contribution in [2.45, 2.75) is 19.5 Å². The Morgan fingerprint density at radius 1 is 1.30 bits per heavy atom. The van der Waals surface area contributed by atoms with Gasteiger partial charge in [0.15, 0.2) is 0 Å². The molecule has 2 rings (SSSR count). The summed E-state index contributed by atoms with van der Waals surface area (Å²) in [6.07, 6.45) is 1.36. The van der Waals surface area contributed by atoms with Gasteiger partial charge in [0.1, 0.15) is 12.2 Å². The second-order valence-corrected chi connectivity index (χ2v) is 4.38. The molecule has 0 aliphatic carbocycles. The molecule has 6 heteroatoms. The minimum absolute atomic E-state index is 0.00693. The van der Waals surface area contributed by atoms with Gasteiger partial charge >= 0.3 is 5.97 Å². The van der Waals surface area contributed by atoms with E-state index in [0.717, 1.165) is 10.2 Å². The van der Waals surface area contributed by atoms with E-state index >= 15 is 0 Å². The lowest BCUT2D eigenvalue weighted by atomic mass is 10.1. The second kappa shape index (κ2) is 6.01. The van der Waals surface area contributed by atoms with Gasteiger partial charge in [0, 0.05) is 6.20 Å². The van der Waals surface area contributed by atoms with E-state index in [1.807, 2.05) is 37.3 Å². The van der Waals surface area contributed by atoms with Crippen LogP contribution in [0.5, 0.6) is 0 Å². The maximum atomic E-state index is 11.9. The predicted molar refractivity (Wildman–Crippen MR) is 72.2 cm³/mol. The first-order valence-electron chi connectivity index (χ1n) is 6.17. The van der Waals surface area contributed by atoms with Crippen LogP contribution in [0.25, 0.3) is 0 Å². The van der Waals surface area contributed by atoms with Crippen molar-refractivity contribution in [2.75, 3.05) is 0 Å². The van der Waals surface area contributed by atoms with Gasteiger partial charge < -0.3 is 10.4 Å². The summed E-state index contributed by atoms with van der Waals surface area (Å²) in [5.41, 5.74) is 0.979. The van der Waals surface area contributed by atoms with Crippen molar-refractivity contribution in [3.8, 4) is 0 Å². The fourth-order valence-corrected chi connectivity index (χ4v) is 1.89. The summed E-state index contributed by atoms with van der Waals surface area (Å²) in [7, 11) is 0. The normalized spacial score (nSPS) is 11.8. The number of carboxylic acid groups (broad SMARTS) is 1. The number of nitrogens with zero attached hydrogens (tertiary/aromatic N) is 2. The van der Waals surface area contributed by atoms with Crippen LogP contribution < -0.4 is 5.32 Å². The van der Waals surface area contributed by atoms with E-state index in [9.17, 15) is 9.59 Å². The maximum Gasteiger partial charge on any atom is 0.354 e. The van der Waals surface area contributed by atoms with E-state index in [0.29, 0.717) is 0 Å². The average molecular weight is 273 g/mol. The van der Waals surface area contributed by atoms with Gasteiger partial charge in [-0.05, 0) is 18.6 Å². The number of carboxylic acids is 1. The summed E-state index contributed by atoms with van der Waals surface area (Å²) in [5, 5.41) is 15.6. The Bertz CT molecular complexity index is 607. The first kappa shape index (κ1) is 13.8. The van der Waals surface area contributed by atoms with Gasteiger partial charge in [0.2, 0.25) is 5.91 Å².